The molecule has 2 aromatic carbocycles. The summed E-state index contributed by atoms with van der Waals surface area (Å²) >= 11 is 0. The molecule has 3 aliphatic heterocycles. The van der Waals surface area contributed by atoms with Crippen LogP contribution in [0.4, 0.5) is 14.4 Å². The van der Waals surface area contributed by atoms with Crippen LogP contribution in [-0.4, -0.2) is 96.1 Å². The van der Waals surface area contributed by atoms with E-state index >= 15 is 0 Å². The van der Waals surface area contributed by atoms with Crippen LogP contribution in [0, 0.1) is 5.92 Å². The van der Waals surface area contributed by atoms with E-state index in [0.29, 0.717) is 19.5 Å². The van der Waals surface area contributed by atoms with E-state index in [-0.39, 0.29) is 36.0 Å². The fourth-order valence-electron chi connectivity index (χ4n) is 7.87. The Balaban J connectivity index is 1.04. The van der Waals surface area contributed by atoms with Crippen molar-refractivity contribution in [2.24, 2.45) is 10.9 Å². The van der Waals surface area contributed by atoms with Gasteiger partial charge in [-0.25, -0.2) is 24.8 Å². The van der Waals surface area contributed by atoms with Crippen molar-refractivity contribution in [3.05, 3.63) is 83.6 Å². The Morgan fingerprint density at radius 3 is 1.91 bits per heavy atom. The number of amides is 5. The average molecular weight is 737 g/mol. The molecule has 2 aromatic rings. The quantitative estimate of drug-likeness (QED) is 0.262. The Morgan fingerprint density at radius 1 is 0.741 bits per heavy atom. The molecular weight excluding hydrogens is 684 g/mol. The highest BCUT2D eigenvalue weighted by molar-refractivity contribution is 6.04. The molecule has 5 amide bonds. The molecule has 1 aliphatic carbocycles. The summed E-state index contributed by atoms with van der Waals surface area (Å²) < 4.78 is 9.50. The molecule has 0 saturated carbocycles. The predicted molar refractivity (Wildman–Crippen MR) is 209 cm³/mol. The van der Waals surface area contributed by atoms with Gasteiger partial charge in [0.05, 0.1) is 26.3 Å². The molecule has 0 radical (unpaired) electrons. The summed E-state index contributed by atoms with van der Waals surface area (Å²) in [4.78, 5) is 59.4. The summed E-state index contributed by atoms with van der Waals surface area (Å²) in [6, 6.07) is 15.9. The van der Waals surface area contributed by atoms with Crippen molar-refractivity contribution >= 4 is 41.0 Å². The lowest BCUT2D eigenvalue weighted by Gasteiger charge is -2.34. The number of carbonyl (C=O) groups is 4. The van der Waals surface area contributed by atoms with Crippen LogP contribution < -0.4 is 10.7 Å². The molecule has 2 N–H and O–H groups in total. The minimum Gasteiger partial charge on any atom is -0.453 e. The average Bonchev–Trinajstić information content (AvgIpc) is 4.02. The maximum Gasteiger partial charge on any atom is 0.425 e. The van der Waals surface area contributed by atoms with Gasteiger partial charge in [0.15, 0.2) is 0 Å². The van der Waals surface area contributed by atoms with Gasteiger partial charge in [-0.1, -0.05) is 74.5 Å². The van der Waals surface area contributed by atoms with E-state index in [4.69, 9.17) is 14.5 Å². The molecule has 0 unspecified atom stereocenters. The Kier molecular flexibility index (Phi) is 11.9. The van der Waals surface area contributed by atoms with Gasteiger partial charge in [0.2, 0.25) is 5.91 Å². The number of alkyl carbamates (subject to hydrolysis) is 1. The topological polar surface area (TPSA) is 133 Å². The van der Waals surface area contributed by atoms with Gasteiger partial charge < -0.3 is 24.6 Å². The Labute approximate surface area is 317 Å². The van der Waals surface area contributed by atoms with Crippen LogP contribution in [0.5, 0.6) is 0 Å². The lowest BCUT2D eigenvalue weighted by Crippen LogP contribution is -2.56. The van der Waals surface area contributed by atoms with E-state index in [0.717, 1.165) is 65.6 Å². The number of nitrogens with one attached hydrogen (secondary N) is 2. The Morgan fingerprint density at radius 2 is 1.31 bits per heavy atom. The van der Waals surface area contributed by atoms with Crippen molar-refractivity contribution in [2.45, 2.75) is 90.4 Å². The fourth-order valence-corrected chi connectivity index (χ4v) is 7.87. The zero-order valence-corrected chi connectivity index (χ0v) is 32.1. The summed E-state index contributed by atoms with van der Waals surface area (Å²) in [5.74, 6) is -0.174. The molecule has 12 heteroatoms. The summed E-state index contributed by atoms with van der Waals surface area (Å²) in [5, 5.41) is 4.06. The van der Waals surface area contributed by atoms with Gasteiger partial charge in [-0.3, -0.25) is 9.79 Å². The van der Waals surface area contributed by atoms with E-state index in [1.54, 1.807) is 0 Å². The van der Waals surface area contributed by atoms with E-state index in [1.807, 2.05) is 43.7 Å². The molecule has 3 heterocycles. The monoisotopic (exact) mass is 736 g/mol. The third-order valence-electron chi connectivity index (χ3n) is 10.9. The van der Waals surface area contributed by atoms with Gasteiger partial charge in [-0.2, -0.15) is 0 Å². The number of hydrogen-bond donors (Lipinski definition) is 2. The first-order chi connectivity index (χ1) is 26.0. The number of allylic oxidation sites excluding steroid dienone is 4. The van der Waals surface area contributed by atoms with Crippen LogP contribution in [0.15, 0.2) is 77.4 Å². The largest absolute Gasteiger partial charge is 0.453 e. The second-order valence-corrected chi connectivity index (χ2v) is 15.0. The van der Waals surface area contributed by atoms with Crippen LogP contribution >= 0.6 is 0 Å². The number of carbonyl (C=O) groups excluding carboxylic acids is 4. The smallest absolute Gasteiger partial charge is 0.425 e. The highest BCUT2D eigenvalue weighted by atomic mass is 16.5. The molecule has 12 nitrogen and oxygen atoms in total. The Bertz CT molecular complexity index is 1730. The minimum atomic E-state index is -0.665. The van der Waals surface area contributed by atoms with E-state index < -0.39 is 18.2 Å². The van der Waals surface area contributed by atoms with E-state index in [2.05, 4.69) is 71.4 Å². The van der Waals surface area contributed by atoms with Crippen molar-refractivity contribution in [2.75, 3.05) is 27.3 Å². The van der Waals surface area contributed by atoms with Gasteiger partial charge in [0.25, 0.3) is 0 Å². The number of aliphatic imine (C=N–C) groups is 1. The summed E-state index contributed by atoms with van der Waals surface area (Å²) in [6.07, 6.45) is 9.93. The number of hydrazine groups is 1. The van der Waals surface area contributed by atoms with Crippen LogP contribution in [0.2, 0.25) is 0 Å². The Hall–Kier alpha value is -5.39. The molecule has 286 valence electrons. The summed E-state index contributed by atoms with van der Waals surface area (Å²) in [7, 11) is 2.59. The third kappa shape index (κ3) is 8.22. The van der Waals surface area contributed by atoms with Crippen LogP contribution in [-0.2, 0) is 14.3 Å². The standard InChI is InChI=1S/C42H52N6O6/c1-26(2)38(44-40(50)53-5)39(49)46-21-8-10-37(46)35-24-34(25-43-35)31-17-13-29(14-18-31)28-11-15-30(16-12-28)32-19-20-33(23-32)36-9-7-22-47(36)42(52)48(27(3)4)45-41(51)54-6/h11-20,25-27,36-38H,7-10,21-24H2,1-6H3,(H,44,50)(H,45,51)/t36-,37+,38+/m1/s1. The predicted octanol–water partition coefficient (Wildman–Crippen LogP) is 7.19. The molecule has 3 atom stereocenters. The van der Waals surface area contributed by atoms with E-state index in [9.17, 15) is 19.2 Å². The maximum absolute atomic E-state index is 13.6. The molecule has 0 bridgehead atoms. The number of nitrogens with zero attached hydrogens (tertiary/aromatic N) is 4. The van der Waals surface area contributed by atoms with Crippen LogP contribution in [0.25, 0.3) is 22.3 Å². The van der Waals surface area contributed by atoms with Crippen molar-refractivity contribution < 1.29 is 28.7 Å². The third-order valence-corrected chi connectivity index (χ3v) is 10.9. The lowest BCUT2D eigenvalue weighted by molar-refractivity contribution is -0.134. The van der Waals surface area contributed by atoms with Crippen molar-refractivity contribution in [1.29, 1.82) is 0 Å². The van der Waals surface area contributed by atoms with Gasteiger partial charge in [-0.05, 0) is 90.8 Å². The molecule has 6 rings (SSSR count). The molecule has 0 aromatic heterocycles. The fraction of sp³-hybridized carbons (Fsp3) is 0.452. The summed E-state index contributed by atoms with van der Waals surface area (Å²) in [6.45, 7) is 8.83. The number of hydrogen-bond acceptors (Lipinski definition) is 7. The normalized spacial score (nSPS) is 20.0. The molecule has 2 saturated heterocycles. The second-order valence-electron chi connectivity index (χ2n) is 15.0. The zero-order chi connectivity index (χ0) is 38.5. The number of methoxy groups -OCH3 is 2. The molecule has 54 heavy (non-hydrogen) atoms. The minimum absolute atomic E-state index is 0.0200. The highest BCUT2D eigenvalue weighted by Gasteiger charge is 2.39. The van der Waals surface area contributed by atoms with Gasteiger partial charge in [-0.15, -0.1) is 0 Å². The number of likely N-dealkylation sites (tertiary alicyclic amines) is 2. The van der Waals surface area contributed by atoms with Crippen molar-refractivity contribution in [3.8, 4) is 11.1 Å². The van der Waals surface area contributed by atoms with E-state index in [1.165, 1.54) is 30.4 Å². The van der Waals surface area contributed by atoms with Crippen LogP contribution in [0.1, 0.15) is 77.3 Å². The number of benzene rings is 2. The SMILES string of the molecule is COC(=O)N[C@H](C(=O)N1CCC[C@H]1C1=NC=C(c2ccc(-c3ccc(C4=CC=C([C@H]5CCCN5C(=O)N(NC(=O)OC)C(C)C)C4)cc3)cc2)C1)C(C)C. The lowest BCUT2D eigenvalue weighted by atomic mass is 9.94. The molecule has 4 aliphatic rings. The highest BCUT2D eigenvalue weighted by Crippen LogP contribution is 2.37. The first-order valence-corrected chi connectivity index (χ1v) is 18.9. The number of rotatable bonds is 9. The van der Waals surface area contributed by atoms with Crippen molar-refractivity contribution in [1.82, 2.24) is 25.6 Å². The molecule has 2 fully saturated rings. The maximum atomic E-state index is 13.6. The van der Waals surface area contributed by atoms with Crippen molar-refractivity contribution in [3.63, 3.8) is 0 Å². The molecular formula is C42H52N6O6. The van der Waals surface area contributed by atoms with Gasteiger partial charge >= 0.3 is 18.2 Å². The number of urea groups is 1. The van der Waals surface area contributed by atoms with Crippen LogP contribution in [0.3, 0.4) is 0 Å². The second kappa shape index (κ2) is 16.7. The summed E-state index contributed by atoms with van der Waals surface area (Å²) in [5.41, 5.74) is 11.6. The first kappa shape index (κ1) is 38.3. The van der Waals surface area contributed by atoms with Gasteiger partial charge in [0, 0.05) is 37.5 Å². The van der Waals surface area contributed by atoms with Gasteiger partial charge in [0.1, 0.15) is 6.04 Å². The molecule has 0 spiro atoms. The first-order valence-electron chi connectivity index (χ1n) is 18.9. The zero-order valence-electron chi connectivity index (χ0n) is 32.1. The number of ether oxygens (including phenoxy) is 2.